The number of amides is 1. The maximum absolute atomic E-state index is 11.9. The molecule has 0 aliphatic rings. The van der Waals surface area contributed by atoms with Crippen LogP contribution in [-0.2, 0) is 4.84 Å². The van der Waals surface area contributed by atoms with E-state index < -0.39 is 0 Å². The molecule has 0 bridgehead atoms. The van der Waals surface area contributed by atoms with Crippen molar-refractivity contribution in [2.24, 2.45) is 0 Å². The second-order valence-corrected chi connectivity index (χ2v) is 3.25. The van der Waals surface area contributed by atoms with Crippen molar-refractivity contribution in [2.75, 3.05) is 14.2 Å². The summed E-state index contributed by atoms with van der Waals surface area (Å²) in [5, 5.41) is 1.98. The van der Waals surface area contributed by atoms with Crippen molar-refractivity contribution in [1.29, 1.82) is 0 Å². The highest BCUT2D eigenvalue weighted by atomic mass is 16.7. The Bertz CT molecular complexity index is 522. The fourth-order valence-corrected chi connectivity index (χ4v) is 1.41. The number of hydrogen-bond donors (Lipinski definition) is 0. The molecule has 2 aromatic rings. The second-order valence-electron chi connectivity index (χ2n) is 3.25. The number of hydrogen-bond acceptors (Lipinski definition) is 4. The van der Waals surface area contributed by atoms with Gasteiger partial charge in [0, 0.05) is 31.0 Å². The van der Waals surface area contributed by atoms with Gasteiger partial charge in [0.25, 0.3) is 5.91 Å². The van der Waals surface area contributed by atoms with Crippen LogP contribution in [0.25, 0.3) is 10.9 Å². The van der Waals surface area contributed by atoms with E-state index >= 15 is 0 Å². The van der Waals surface area contributed by atoms with E-state index in [2.05, 4.69) is 9.97 Å². The molecule has 0 saturated heterocycles. The zero-order valence-corrected chi connectivity index (χ0v) is 9.04. The molecule has 5 nitrogen and oxygen atoms in total. The van der Waals surface area contributed by atoms with Crippen LogP contribution in [-0.4, -0.2) is 35.1 Å². The molecule has 2 aromatic heterocycles. The van der Waals surface area contributed by atoms with Crippen molar-refractivity contribution in [3.05, 3.63) is 36.3 Å². The predicted molar refractivity (Wildman–Crippen MR) is 58.6 cm³/mol. The lowest BCUT2D eigenvalue weighted by Gasteiger charge is -2.13. The minimum Gasteiger partial charge on any atom is -0.274 e. The Labute approximate surface area is 92.6 Å². The van der Waals surface area contributed by atoms with Crippen molar-refractivity contribution in [1.82, 2.24) is 15.0 Å². The van der Waals surface area contributed by atoms with Gasteiger partial charge < -0.3 is 0 Å². The van der Waals surface area contributed by atoms with Gasteiger partial charge in [-0.25, -0.2) is 5.06 Å². The first kappa shape index (κ1) is 10.5. The average molecular weight is 217 g/mol. The van der Waals surface area contributed by atoms with Gasteiger partial charge in [0.15, 0.2) is 0 Å². The number of pyridine rings is 2. The van der Waals surface area contributed by atoms with Crippen LogP contribution in [0, 0.1) is 0 Å². The average Bonchev–Trinajstić information content (AvgIpc) is 2.36. The Morgan fingerprint density at radius 2 is 2.25 bits per heavy atom. The van der Waals surface area contributed by atoms with Crippen LogP contribution < -0.4 is 0 Å². The summed E-state index contributed by atoms with van der Waals surface area (Å²) >= 11 is 0. The van der Waals surface area contributed by atoms with E-state index in [0.29, 0.717) is 11.1 Å². The zero-order valence-electron chi connectivity index (χ0n) is 9.04. The van der Waals surface area contributed by atoms with Gasteiger partial charge in [0.05, 0.1) is 18.2 Å². The van der Waals surface area contributed by atoms with E-state index in [1.165, 1.54) is 13.3 Å². The molecule has 1 amide bonds. The first-order chi connectivity index (χ1) is 7.74. The molecule has 0 radical (unpaired) electrons. The summed E-state index contributed by atoms with van der Waals surface area (Å²) in [6.45, 7) is 0. The number of aromatic nitrogens is 2. The SMILES string of the molecule is CON(C)C(=O)c1cncc2cccnc12. The molecule has 16 heavy (non-hydrogen) atoms. The van der Waals surface area contributed by atoms with Crippen molar-refractivity contribution < 1.29 is 9.63 Å². The van der Waals surface area contributed by atoms with Crippen LogP contribution >= 0.6 is 0 Å². The normalized spacial score (nSPS) is 10.4. The molecule has 0 atom stereocenters. The maximum atomic E-state index is 11.9. The number of hydroxylamine groups is 2. The second kappa shape index (κ2) is 4.24. The Morgan fingerprint density at radius 3 is 3.00 bits per heavy atom. The van der Waals surface area contributed by atoms with Gasteiger partial charge in [-0.15, -0.1) is 0 Å². The number of carbonyl (C=O) groups excluding carboxylic acids is 1. The fourth-order valence-electron chi connectivity index (χ4n) is 1.41. The lowest BCUT2D eigenvalue weighted by Crippen LogP contribution is -2.25. The molecular weight excluding hydrogens is 206 g/mol. The van der Waals surface area contributed by atoms with Gasteiger partial charge in [0.1, 0.15) is 0 Å². The highest BCUT2D eigenvalue weighted by Crippen LogP contribution is 2.15. The quantitative estimate of drug-likeness (QED) is 0.711. The molecule has 0 aliphatic heterocycles. The molecule has 0 saturated carbocycles. The lowest BCUT2D eigenvalue weighted by molar-refractivity contribution is -0.0756. The van der Waals surface area contributed by atoms with Gasteiger partial charge >= 0.3 is 0 Å². The van der Waals surface area contributed by atoms with Gasteiger partial charge in [-0.3, -0.25) is 19.6 Å². The smallest absolute Gasteiger partial charge is 0.274 e. The third-order valence-corrected chi connectivity index (χ3v) is 2.30. The summed E-state index contributed by atoms with van der Waals surface area (Å²) in [6.07, 6.45) is 4.81. The summed E-state index contributed by atoms with van der Waals surface area (Å²) in [4.78, 5) is 24.9. The molecule has 5 heteroatoms. The fraction of sp³-hybridized carbons (Fsp3) is 0.182. The molecule has 2 heterocycles. The summed E-state index contributed by atoms with van der Waals surface area (Å²) in [6, 6.07) is 3.66. The minimum absolute atomic E-state index is 0.265. The van der Waals surface area contributed by atoms with Gasteiger partial charge in [-0.05, 0) is 12.1 Å². The van der Waals surface area contributed by atoms with E-state index in [0.717, 1.165) is 10.4 Å². The first-order valence-electron chi connectivity index (χ1n) is 4.75. The minimum atomic E-state index is -0.265. The van der Waals surface area contributed by atoms with Crippen LogP contribution in [0.2, 0.25) is 0 Å². The van der Waals surface area contributed by atoms with Crippen LogP contribution in [0.5, 0.6) is 0 Å². The molecule has 0 N–H and O–H groups in total. The van der Waals surface area contributed by atoms with Crippen LogP contribution in [0.3, 0.4) is 0 Å². The van der Waals surface area contributed by atoms with E-state index in [-0.39, 0.29) is 5.91 Å². The standard InChI is InChI=1S/C11H11N3O2/c1-14(16-2)11(15)9-7-12-6-8-4-3-5-13-10(8)9/h3-7H,1-2H3. The number of carbonyl (C=O) groups is 1. The molecule has 0 spiro atoms. The molecule has 2 rings (SSSR count). The molecule has 82 valence electrons. The van der Waals surface area contributed by atoms with Crippen molar-refractivity contribution in [3.8, 4) is 0 Å². The predicted octanol–water partition coefficient (Wildman–Crippen LogP) is 1.26. The monoisotopic (exact) mass is 217 g/mol. The van der Waals surface area contributed by atoms with Gasteiger partial charge in [-0.1, -0.05) is 0 Å². The summed E-state index contributed by atoms with van der Waals surface area (Å²) in [5.74, 6) is -0.265. The van der Waals surface area contributed by atoms with Crippen LogP contribution in [0.1, 0.15) is 10.4 Å². The van der Waals surface area contributed by atoms with E-state index in [4.69, 9.17) is 4.84 Å². The molecule has 0 unspecified atom stereocenters. The third kappa shape index (κ3) is 1.72. The van der Waals surface area contributed by atoms with E-state index in [1.807, 2.05) is 6.07 Å². The topological polar surface area (TPSA) is 55.3 Å². The highest BCUT2D eigenvalue weighted by Gasteiger charge is 2.15. The third-order valence-electron chi connectivity index (χ3n) is 2.30. The summed E-state index contributed by atoms with van der Waals surface area (Å²) < 4.78 is 0. The largest absolute Gasteiger partial charge is 0.280 e. The van der Waals surface area contributed by atoms with Crippen LogP contribution in [0.4, 0.5) is 0 Å². The molecular formula is C11H11N3O2. The zero-order chi connectivity index (χ0) is 11.5. The summed E-state index contributed by atoms with van der Waals surface area (Å²) in [5.41, 5.74) is 1.06. The number of nitrogens with zero attached hydrogens (tertiary/aromatic N) is 3. The van der Waals surface area contributed by atoms with E-state index in [1.54, 1.807) is 25.5 Å². The molecule has 0 aliphatic carbocycles. The Balaban J connectivity index is 2.56. The summed E-state index contributed by atoms with van der Waals surface area (Å²) in [7, 11) is 2.98. The lowest BCUT2D eigenvalue weighted by atomic mass is 10.2. The first-order valence-corrected chi connectivity index (χ1v) is 4.75. The van der Waals surface area contributed by atoms with Gasteiger partial charge in [-0.2, -0.15) is 0 Å². The van der Waals surface area contributed by atoms with Crippen molar-refractivity contribution in [2.45, 2.75) is 0 Å². The number of rotatable bonds is 2. The Morgan fingerprint density at radius 1 is 1.44 bits per heavy atom. The highest BCUT2D eigenvalue weighted by molar-refractivity contribution is 6.04. The Kier molecular flexibility index (Phi) is 2.78. The maximum Gasteiger partial charge on any atom is 0.280 e. The van der Waals surface area contributed by atoms with Gasteiger partial charge in [0.2, 0.25) is 0 Å². The Hall–Kier alpha value is -2.01. The van der Waals surface area contributed by atoms with Crippen molar-refractivity contribution >= 4 is 16.8 Å². The molecule has 0 aromatic carbocycles. The van der Waals surface area contributed by atoms with Crippen LogP contribution in [0.15, 0.2) is 30.7 Å². The molecule has 0 fully saturated rings. The number of fused-ring (bicyclic) bond motifs is 1. The van der Waals surface area contributed by atoms with Crippen molar-refractivity contribution in [3.63, 3.8) is 0 Å². The van der Waals surface area contributed by atoms with E-state index in [9.17, 15) is 4.79 Å².